The van der Waals surface area contributed by atoms with Crippen LogP contribution in [-0.4, -0.2) is 11.8 Å². The summed E-state index contributed by atoms with van der Waals surface area (Å²) in [4.78, 5) is 21.6. The van der Waals surface area contributed by atoms with Gasteiger partial charge in [-0.2, -0.15) is 0 Å². The van der Waals surface area contributed by atoms with Crippen LogP contribution >= 0.6 is 0 Å². The first kappa shape index (κ1) is 8.80. The predicted molar refractivity (Wildman–Crippen MR) is 40.9 cm³/mol. The lowest BCUT2D eigenvalue weighted by Gasteiger charge is -2.17. The van der Waals surface area contributed by atoms with Crippen molar-refractivity contribution in [2.75, 3.05) is 0 Å². The smallest absolute Gasteiger partial charge is 0.383 e. The third-order valence-electron chi connectivity index (χ3n) is 1.90. The topological polar surface area (TPSA) is 43.4 Å². The molecule has 1 aromatic carbocycles. The van der Waals surface area contributed by atoms with E-state index in [1.807, 2.05) is 0 Å². The number of hydrogen-bond acceptors (Lipinski definition) is 3. The molecule has 0 saturated carbocycles. The number of Topliss-reactive ketones (excluding diaryl/α,β-unsaturated/α-hetero) is 1. The number of carbonyl (C=O) groups excluding carboxylic acids is 2. The van der Waals surface area contributed by atoms with Crippen molar-refractivity contribution in [1.82, 2.24) is 0 Å². The molecule has 0 radical (unpaired) electrons. The second kappa shape index (κ2) is 2.87. The third kappa shape index (κ3) is 1.09. The van der Waals surface area contributed by atoms with E-state index in [0.29, 0.717) is 0 Å². The lowest BCUT2D eigenvalue weighted by Crippen LogP contribution is -2.30. The average molecular weight is 198 g/mol. The van der Waals surface area contributed by atoms with Crippen molar-refractivity contribution < 1.29 is 23.1 Å². The van der Waals surface area contributed by atoms with Crippen molar-refractivity contribution in [1.29, 1.82) is 0 Å². The molecule has 0 spiro atoms. The second-order valence-electron chi connectivity index (χ2n) is 2.77. The van der Waals surface area contributed by atoms with Crippen LogP contribution in [0.2, 0.25) is 0 Å². The molecule has 0 aliphatic carbocycles. The number of hydrogen-bond donors (Lipinski definition) is 0. The van der Waals surface area contributed by atoms with Gasteiger partial charge in [-0.1, -0.05) is 6.07 Å². The summed E-state index contributed by atoms with van der Waals surface area (Å²) in [5.41, 5.74) is -0.503. The summed E-state index contributed by atoms with van der Waals surface area (Å²) >= 11 is 0. The van der Waals surface area contributed by atoms with E-state index in [2.05, 4.69) is 4.74 Å². The molecule has 2 rings (SSSR count). The van der Waals surface area contributed by atoms with Crippen LogP contribution in [0.1, 0.15) is 11.7 Å². The molecule has 5 heteroatoms. The van der Waals surface area contributed by atoms with Crippen molar-refractivity contribution in [2.45, 2.75) is 6.17 Å². The molecular weight excluding hydrogens is 194 g/mol. The Morgan fingerprint density at radius 3 is 2.71 bits per heavy atom. The summed E-state index contributed by atoms with van der Waals surface area (Å²) < 4.78 is 30.7. The number of alkyl halides is 1. The van der Waals surface area contributed by atoms with Gasteiger partial charge in [-0.25, -0.2) is 13.6 Å². The molecule has 0 fully saturated rings. The molecule has 0 N–H and O–H groups in total. The van der Waals surface area contributed by atoms with Gasteiger partial charge in [-0.05, 0) is 12.1 Å². The van der Waals surface area contributed by atoms with Gasteiger partial charge in [0, 0.05) is 0 Å². The van der Waals surface area contributed by atoms with E-state index >= 15 is 0 Å². The van der Waals surface area contributed by atoms with Crippen molar-refractivity contribution >= 4 is 11.8 Å². The number of ketones is 1. The Kier molecular flexibility index (Phi) is 1.80. The molecule has 14 heavy (non-hydrogen) atoms. The molecule has 1 aliphatic rings. The number of rotatable bonds is 0. The molecule has 72 valence electrons. The standard InChI is InChI=1S/C9H4F2O3/c10-4-2-1-3-5-6(4)7(11)8(12)9(13)14-5/h1-3,7H. The first-order valence-electron chi connectivity index (χ1n) is 3.80. The normalized spacial score (nSPS) is 20.3. The highest BCUT2D eigenvalue weighted by molar-refractivity contribution is 6.37. The minimum atomic E-state index is -2.26. The monoisotopic (exact) mass is 198 g/mol. The van der Waals surface area contributed by atoms with Crippen LogP contribution in [0, 0.1) is 5.82 Å². The minimum absolute atomic E-state index is 0.234. The maximum absolute atomic E-state index is 13.2. The summed E-state index contributed by atoms with van der Waals surface area (Å²) in [6, 6.07) is 3.50. The van der Waals surface area contributed by atoms with Gasteiger partial charge in [-0.3, -0.25) is 4.79 Å². The zero-order chi connectivity index (χ0) is 10.3. The molecule has 1 aliphatic heterocycles. The highest BCUT2D eigenvalue weighted by Gasteiger charge is 2.38. The lowest BCUT2D eigenvalue weighted by molar-refractivity contribution is -0.151. The lowest BCUT2D eigenvalue weighted by atomic mass is 10.0. The van der Waals surface area contributed by atoms with Crippen LogP contribution in [0.4, 0.5) is 8.78 Å². The third-order valence-corrected chi connectivity index (χ3v) is 1.90. The van der Waals surface area contributed by atoms with E-state index in [-0.39, 0.29) is 5.75 Å². The maximum Gasteiger partial charge on any atom is 0.383 e. The molecule has 0 bridgehead atoms. The van der Waals surface area contributed by atoms with E-state index in [9.17, 15) is 18.4 Å². The Morgan fingerprint density at radius 1 is 1.29 bits per heavy atom. The molecule has 1 aromatic rings. The Balaban J connectivity index is 2.62. The van der Waals surface area contributed by atoms with E-state index in [1.165, 1.54) is 12.1 Å². The fraction of sp³-hybridized carbons (Fsp3) is 0.111. The first-order chi connectivity index (χ1) is 6.61. The van der Waals surface area contributed by atoms with Crippen molar-refractivity contribution in [3.63, 3.8) is 0 Å². The Labute approximate surface area is 77.3 Å². The van der Waals surface area contributed by atoms with Crippen molar-refractivity contribution in [2.24, 2.45) is 0 Å². The largest absolute Gasteiger partial charge is 0.420 e. The summed E-state index contributed by atoms with van der Waals surface area (Å²) in [5.74, 6) is -3.80. The molecule has 1 atom stereocenters. The predicted octanol–water partition coefficient (Wildman–Crippen LogP) is 1.32. The Bertz CT molecular complexity index is 428. The van der Waals surface area contributed by atoms with Crippen LogP contribution in [0.3, 0.4) is 0 Å². The van der Waals surface area contributed by atoms with E-state index in [0.717, 1.165) is 6.07 Å². The quantitative estimate of drug-likeness (QED) is 0.358. The van der Waals surface area contributed by atoms with Crippen LogP contribution in [-0.2, 0) is 9.59 Å². The van der Waals surface area contributed by atoms with Gasteiger partial charge in [0.1, 0.15) is 11.6 Å². The van der Waals surface area contributed by atoms with Crippen molar-refractivity contribution in [3.05, 3.63) is 29.6 Å². The fourth-order valence-corrected chi connectivity index (χ4v) is 1.24. The zero-order valence-corrected chi connectivity index (χ0v) is 6.79. The number of carbonyl (C=O) groups is 2. The minimum Gasteiger partial charge on any atom is -0.420 e. The molecule has 0 saturated heterocycles. The van der Waals surface area contributed by atoms with Gasteiger partial charge in [0.05, 0.1) is 5.56 Å². The van der Waals surface area contributed by atoms with Gasteiger partial charge >= 0.3 is 5.97 Å². The van der Waals surface area contributed by atoms with E-state index in [1.54, 1.807) is 0 Å². The van der Waals surface area contributed by atoms with Gasteiger partial charge in [0.15, 0.2) is 0 Å². The molecule has 0 aromatic heterocycles. The van der Waals surface area contributed by atoms with E-state index in [4.69, 9.17) is 0 Å². The summed E-state index contributed by atoms with van der Waals surface area (Å²) in [6.45, 7) is 0. The molecule has 1 unspecified atom stereocenters. The average Bonchev–Trinajstić information content (AvgIpc) is 2.14. The van der Waals surface area contributed by atoms with E-state index < -0.39 is 29.3 Å². The molecule has 3 nitrogen and oxygen atoms in total. The number of ether oxygens (including phenoxy) is 1. The second-order valence-corrected chi connectivity index (χ2v) is 2.77. The fourth-order valence-electron chi connectivity index (χ4n) is 1.24. The first-order valence-corrected chi connectivity index (χ1v) is 3.80. The number of esters is 1. The Hall–Kier alpha value is -1.78. The van der Waals surface area contributed by atoms with Gasteiger partial charge in [0.2, 0.25) is 6.17 Å². The highest BCUT2D eigenvalue weighted by atomic mass is 19.1. The summed E-state index contributed by atoms with van der Waals surface area (Å²) in [5, 5.41) is 0. The van der Waals surface area contributed by atoms with Crippen LogP contribution in [0.25, 0.3) is 0 Å². The number of fused-ring (bicyclic) bond motifs is 1. The van der Waals surface area contributed by atoms with Crippen LogP contribution in [0.5, 0.6) is 5.75 Å². The number of benzene rings is 1. The van der Waals surface area contributed by atoms with Crippen LogP contribution in [0.15, 0.2) is 18.2 Å². The maximum atomic E-state index is 13.2. The van der Waals surface area contributed by atoms with Gasteiger partial charge < -0.3 is 4.74 Å². The van der Waals surface area contributed by atoms with Gasteiger partial charge in [0.25, 0.3) is 5.78 Å². The zero-order valence-electron chi connectivity index (χ0n) is 6.79. The SMILES string of the molecule is O=C1Oc2cccc(F)c2C(F)C1=O. The summed E-state index contributed by atoms with van der Waals surface area (Å²) in [7, 11) is 0. The van der Waals surface area contributed by atoms with Crippen molar-refractivity contribution in [3.8, 4) is 5.75 Å². The highest BCUT2D eigenvalue weighted by Crippen LogP contribution is 2.34. The van der Waals surface area contributed by atoms with Gasteiger partial charge in [-0.15, -0.1) is 0 Å². The number of halogens is 2. The molecule has 1 heterocycles. The molecule has 0 amide bonds. The van der Waals surface area contributed by atoms with Crippen LogP contribution < -0.4 is 4.74 Å². The Morgan fingerprint density at radius 2 is 2.00 bits per heavy atom. The molecular formula is C9H4F2O3. The summed E-state index contributed by atoms with van der Waals surface area (Å²) in [6.07, 6.45) is -2.26.